The van der Waals surface area contributed by atoms with Crippen LogP contribution in [0.2, 0.25) is 0 Å². The number of aliphatic carboxylic acids is 2. The summed E-state index contributed by atoms with van der Waals surface area (Å²) in [6.07, 6.45) is 0. The Morgan fingerprint density at radius 3 is 1.00 bits per heavy atom. The van der Waals surface area contributed by atoms with E-state index in [1.165, 1.54) is 0 Å². The van der Waals surface area contributed by atoms with E-state index in [0.717, 1.165) is 13.8 Å². The Labute approximate surface area is 82.9 Å². The van der Waals surface area contributed by atoms with Crippen LogP contribution in [0, 0.1) is 37.7 Å². The molecule has 0 aromatic rings. The third-order valence-electron chi connectivity index (χ3n) is 0. The second-order valence-electron chi connectivity index (χ2n) is 1.04. The van der Waals surface area contributed by atoms with E-state index in [2.05, 4.69) is 0 Å². The molecule has 0 aliphatic heterocycles. The van der Waals surface area contributed by atoms with Crippen molar-refractivity contribution in [3.05, 3.63) is 0 Å². The summed E-state index contributed by atoms with van der Waals surface area (Å²) in [5.41, 5.74) is 0. The van der Waals surface area contributed by atoms with Gasteiger partial charge in [-0.15, -0.1) is 0 Å². The topological polar surface area (TPSA) is 74.6 Å². The summed E-state index contributed by atoms with van der Waals surface area (Å²) < 4.78 is 0. The normalized spacial score (nSPS) is 5.56. The molecule has 0 aliphatic rings. The predicted molar refractivity (Wildman–Crippen MR) is 26.6 cm³/mol. The van der Waals surface area contributed by atoms with Crippen molar-refractivity contribution >= 4 is 11.9 Å². The molecule has 0 radical (unpaired) electrons. The molecule has 0 atom stereocenters. The molecule has 0 bridgehead atoms. The zero-order valence-corrected chi connectivity index (χ0v) is 6.95. The molecule has 2 N–H and O–H groups in total. The third kappa shape index (κ3) is 7900. The van der Waals surface area contributed by atoms with Gasteiger partial charge in [0.15, 0.2) is 0 Å². The van der Waals surface area contributed by atoms with Gasteiger partial charge in [0, 0.05) is 13.8 Å². The van der Waals surface area contributed by atoms with Gasteiger partial charge in [0.1, 0.15) is 0 Å². The number of carboxylic acid groups (broad SMARTS) is 2. The number of hydrogen-bond donors (Lipinski definition) is 2. The molecule has 0 spiro atoms. The fourth-order valence-electron chi connectivity index (χ4n) is 0. The van der Waals surface area contributed by atoms with Crippen molar-refractivity contribution in [2.75, 3.05) is 0 Å². The molecule has 0 aliphatic carbocycles. The van der Waals surface area contributed by atoms with Crippen LogP contribution < -0.4 is 0 Å². The monoisotopic (exact) mass is 285 g/mol. The molecule has 0 amide bonds. The first-order valence-corrected chi connectivity index (χ1v) is 1.86. The molecular formula is C4H8HoO4+3. The summed E-state index contributed by atoms with van der Waals surface area (Å²) in [4.78, 5) is 18.0. The molecule has 0 heterocycles. The molecule has 0 aromatic heterocycles. The van der Waals surface area contributed by atoms with Crippen molar-refractivity contribution in [3.63, 3.8) is 0 Å². The van der Waals surface area contributed by atoms with E-state index < -0.39 is 11.9 Å². The minimum Gasteiger partial charge on any atom is -0.481 e. The van der Waals surface area contributed by atoms with E-state index in [1.807, 2.05) is 0 Å². The average molecular weight is 285 g/mol. The molecule has 0 saturated carbocycles. The fraction of sp³-hybridized carbons (Fsp3) is 0.500. The first-order chi connectivity index (χ1) is 3.46. The van der Waals surface area contributed by atoms with Crippen molar-refractivity contribution in [3.8, 4) is 0 Å². The standard InChI is InChI=1S/2C2H4O2.Ho/c2*1-2(3)4;/h2*1H3,(H,3,4);/q;;+3. The summed E-state index contributed by atoms with van der Waals surface area (Å²) in [5, 5.41) is 14.8. The minimum absolute atomic E-state index is 0. The van der Waals surface area contributed by atoms with Crippen molar-refractivity contribution < 1.29 is 57.5 Å². The molecular weight excluding hydrogens is 277 g/mol. The molecule has 0 unspecified atom stereocenters. The molecule has 0 saturated heterocycles. The van der Waals surface area contributed by atoms with Crippen LogP contribution in [0.25, 0.3) is 0 Å². The van der Waals surface area contributed by atoms with Crippen molar-refractivity contribution in [2.24, 2.45) is 0 Å². The van der Waals surface area contributed by atoms with Gasteiger partial charge in [0.05, 0.1) is 0 Å². The maximum absolute atomic E-state index is 9.00. The molecule has 0 fully saturated rings. The zero-order chi connectivity index (χ0) is 7.15. The van der Waals surface area contributed by atoms with Gasteiger partial charge >= 0.3 is 37.7 Å². The third-order valence-corrected chi connectivity index (χ3v) is 0. The maximum atomic E-state index is 9.00. The molecule has 0 aromatic carbocycles. The second kappa shape index (κ2) is 11.1. The summed E-state index contributed by atoms with van der Waals surface area (Å²) in [6.45, 7) is 2.17. The quantitative estimate of drug-likeness (QED) is 0.623. The smallest absolute Gasteiger partial charge is 0.481 e. The Bertz CT molecular complexity index is 70.6. The van der Waals surface area contributed by atoms with Crippen LogP contribution in [0.3, 0.4) is 0 Å². The number of rotatable bonds is 0. The summed E-state index contributed by atoms with van der Waals surface area (Å²) in [5.74, 6) is -1.67. The van der Waals surface area contributed by atoms with E-state index in [1.54, 1.807) is 0 Å². The largest absolute Gasteiger partial charge is 3.00 e. The van der Waals surface area contributed by atoms with Crippen LogP contribution in [0.15, 0.2) is 0 Å². The maximum Gasteiger partial charge on any atom is 3.00 e. The number of carbonyl (C=O) groups is 2. The summed E-state index contributed by atoms with van der Waals surface area (Å²) >= 11 is 0. The van der Waals surface area contributed by atoms with Crippen LogP contribution >= 0.6 is 0 Å². The number of carboxylic acids is 2. The first kappa shape index (κ1) is 16.1. The molecule has 9 heavy (non-hydrogen) atoms. The van der Waals surface area contributed by atoms with E-state index in [4.69, 9.17) is 19.8 Å². The van der Waals surface area contributed by atoms with Crippen molar-refractivity contribution in [1.82, 2.24) is 0 Å². The molecule has 4 nitrogen and oxygen atoms in total. The van der Waals surface area contributed by atoms with E-state index in [0.29, 0.717) is 0 Å². The van der Waals surface area contributed by atoms with Crippen molar-refractivity contribution in [2.45, 2.75) is 13.8 Å². The second-order valence-corrected chi connectivity index (χ2v) is 1.04. The summed E-state index contributed by atoms with van der Waals surface area (Å²) in [7, 11) is 0. The van der Waals surface area contributed by atoms with Gasteiger partial charge in [-0.3, -0.25) is 9.59 Å². The van der Waals surface area contributed by atoms with E-state index in [9.17, 15) is 0 Å². The van der Waals surface area contributed by atoms with Gasteiger partial charge in [0.2, 0.25) is 0 Å². The Morgan fingerprint density at radius 1 is 1.00 bits per heavy atom. The molecule has 0 rings (SSSR count). The van der Waals surface area contributed by atoms with Crippen LogP contribution in [0.5, 0.6) is 0 Å². The van der Waals surface area contributed by atoms with Crippen molar-refractivity contribution in [1.29, 1.82) is 0 Å². The first-order valence-electron chi connectivity index (χ1n) is 1.86. The van der Waals surface area contributed by atoms with Gasteiger partial charge < -0.3 is 10.2 Å². The van der Waals surface area contributed by atoms with Gasteiger partial charge in [-0.05, 0) is 0 Å². The van der Waals surface area contributed by atoms with Crippen LogP contribution in [-0.4, -0.2) is 22.2 Å². The summed E-state index contributed by atoms with van der Waals surface area (Å²) in [6, 6.07) is 0. The predicted octanol–water partition coefficient (Wildman–Crippen LogP) is 0.182. The number of hydrogen-bond acceptors (Lipinski definition) is 2. The minimum atomic E-state index is -0.833. The van der Waals surface area contributed by atoms with Gasteiger partial charge in [-0.1, -0.05) is 0 Å². The van der Waals surface area contributed by atoms with Gasteiger partial charge in [-0.2, -0.15) is 0 Å². The average Bonchev–Trinajstić information content (AvgIpc) is 1.25. The Morgan fingerprint density at radius 2 is 1.00 bits per heavy atom. The van der Waals surface area contributed by atoms with Crippen LogP contribution in [0.1, 0.15) is 13.8 Å². The fourth-order valence-corrected chi connectivity index (χ4v) is 0. The van der Waals surface area contributed by atoms with Gasteiger partial charge in [-0.25, -0.2) is 0 Å². The zero-order valence-electron chi connectivity index (χ0n) is 5.01. The van der Waals surface area contributed by atoms with Gasteiger partial charge in [0.25, 0.3) is 11.9 Å². The Kier molecular flexibility index (Phi) is 19.8. The molecule has 56 valence electrons. The van der Waals surface area contributed by atoms with E-state index in [-0.39, 0.29) is 37.7 Å². The SMILES string of the molecule is CC(=O)O.CC(=O)O.[Ho+3]. The van der Waals surface area contributed by atoms with E-state index >= 15 is 0 Å². The Hall–Kier alpha value is 0.200. The molecule has 5 heteroatoms. The Balaban J connectivity index is -0.0000000720. The van der Waals surface area contributed by atoms with Crippen LogP contribution in [0.4, 0.5) is 0 Å². The van der Waals surface area contributed by atoms with Crippen LogP contribution in [-0.2, 0) is 9.59 Å².